The van der Waals surface area contributed by atoms with Crippen LogP contribution >= 0.6 is 11.8 Å². The van der Waals surface area contributed by atoms with Gasteiger partial charge in [0.1, 0.15) is 0 Å². The Hall–Kier alpha value is -0.980. The summed E-state index contributed by atoms with van der Waals surface area (Å²) in [5.74, 6) is 0. The first-order valence-corrected chi connectivity index (χ1v) is 8.27. The second-order valence-corrected chi connectivity index (χ2v) is 6.49. The first-order chi connectivity index (χ1) is 9.22. The highest BCUT2D eigenvalue weighted by Gasteiger charge is 2.20. The van der Waals surface area contributed by atoms with Crippen LogP contribution in [0.25, 0.3) is 0 Å². The summed E-state index contributed by atoms with van der Waals surface area (Å²) in [6.45, 7) is 3.01. The largest absolute Gasteiger partial charge is 0.310 e. The monoisotopic (exact) mass is 274 g/mol. The minimum Gasteiger partial charge on any atom is -0.310 e. The summed E-state index contributed by atoms with van der Waals surface area (Å²) in [6.07, 6.45) is 7.52. The van der Waals surface area contributed by atoms with Crippen molar-refractivity contribution in [2.75, 3.05) is 6.26 Å². The van der Waals surface area contributed by atoms with Crippen LogP contribution in [0.15, 0.2) is 18.2 Å². The summed E-state index contributed by atoms with van der Waals surface area (Å²) in [6, 6.07) is 8.81. The van der Waals surface area contributed by atoms with Crippen molar-refractivity contribution >= 4 is 11.8 Å². The van der Waals surface area contributed by atoms with Crippen LogP contribution < -0.4 is 5.32 Å². The Morgan fingerprint density at radius 1 is 1.42 bits per heavy atom. The topological polar surface area (TPSA) is 35.8 Å². The van der Waals surface area contributed by atoms with Crippen molar-refractivity contribution in [3.8, 4) is 6.07 Å². The zero-order chi connectivity index (χ0) is 13.7. The molecule has 1 saturated carbocycles. The predicted molar refractivity (Wildman–Crippen MR) is 82.3 cm³/mol. The molecule has 1 aromatic carbocycles. The van der Waals surface area contributed by atoms with E-state index in [4.69, 9.17) is 5.26 Å². The van der Waals surface area contributed by atoms with E-state index in [0.29, 0.717) is 6.04 Å². The molecule has 0 radical (unpaired) electrons. The molecule has 0 aromatic heterocycles. The van der Waals surface area contributed by atoms with Gasteiger partial charge in [-0.05, 0) is 55.7 Å². The van der Waals surface area contributed by atoms with Crippen LogP contribution in [0.3, 0.4) is 0 Å². The molecular weight excluding hydrogens is 252 g/mol. The molecule has 1 N–H and O–H groups in total. The summed E-state index contributed by atoms with van der Waals surface area (Å²) < 4.78 is 0. The van der Waals surface area contributed by atoms with E-state index >= 15 is 0 Å². The molecule has 3 heteroatoms. The summed E-state index contributed by atoms with van der Waals surface area (Å²) in [5, 5.41) is 13.4. The average molecular weight is 274 g/mol. The molecule has 0 bridgehead atoms. The summed E-state index contributed by atoms with van der Waals surface area (Å²) in [5.41, 5.74) is 3.27. The van der Waals surface area contributed by atoms with E-state index in [9.17, 15) is 0 Å². The average Bonchev–Trinajstić information content (AvgIpc) is 2.46. The van der Waals surface area contributed by atoms with Crippen molar-refractivity contribution in [2.24, 2.45) is 0 Å². The molecule has 2 rings (SSSR count). The fraction of sp³-hybridized carbons (Fsp3) is 0.562. The molecule has 1 aromatic rings. The van der Waals surface area contributed by atoms with Crippen molar-refractivity contribution in [3.05, 3.63) is 34.9 Å². The molecule has 2 unspecified atom stereocenters. The maximum Gasteiger partial charge on any atom is 0.0991 e. The van der Waals surface area contributed by atoms with Crippen LogP contribution in [-0.4, -0.2) is 17.5 Å². The second kappa shape index (κ2) is 6.98. The third-order valence-corrected chi connectivity index (χ3v) is 5.11. The van der Waals surface area contributed by atoms with E-state index < -0.39 is 0 Å². The van der Waals surface area contributed by atoms with Gasteiger partial charge >= 0.3 is 0 Å². The second-order valence-electron chi connectivity index (χ2n) is 5.36. The number of aryl methyl sites for hydroxylation is 1. The van der Waals surface area contributed by atoms with Gasteiger partial charge in [-0.1, -0.05) is 12.5 Å². The molecule has 2 nitrogen and oxygen atoms in total. The quantitative estimate of drug-likeness (QED) is 0.910. The van der Waals surface area contributed by atoms with E-state index in [1.807, 2.05) is 23.9 Å². The lowest BCUT2D eigenvalue weighted by atomic mass is 9.94. The summed E-state index contributed by atoms with van der Waals surface area (Å²) >= 11 is 2.00. The van der Waals surface area contributed by atoms with Crippen molar-refractivity contribution in [1.82, 2.24) is 5.32 Å². The smallest absolute Gasteiger partial charge is 0.0991 e. The Bertz CT molecular complexity index is 464. The highest BCUT2D eigenvalue weighted by atomic mass is 32.2. The van der Waals surface area contributed by atoms with Gasteiger partial charge in [-0.15, -0.1) is 0 Å². The van der Waals surface area contributed by atoms with Gasteiger partial charge in [0.2, 0.25) is 0 Å². The Morgan fingerprint density at radius 3 is 2.95 bits per heavy atom. The summed E-state index contributed by atoms with van der Waals surface area (Å²) in [7, 11) is 0. The number of hydrogen-bond acceptors (Lipinski definition) is 3. The lowest BCUT2D eigenvalue weighted by molar-refractivity contribution is 0.379. The van der Waals surface area contributed by atoms with Crippen molar-refractivity contribution in [3.63, 3.8) is 0 Å². The zero-order valence-corrected chi connectivity index (χ0v) is 12.6. The SMILES string of the molecule is CSC1CCCC(NCc2ccc(C#N)cc2C)C1. The van der Waals surface area contributed by atoms with E-state index in [0.717, 1.165) is 17.4 Å². The fourth-order valence-corrected chi connectivity index (χ4v) is 3.59. The Balaban J connectivity index is 1.90. The normalized spacial score (nSPS) is 23.0. The molecule has 102 valence electrons. The molecule has 0 spiro atoms. The molecule has 0 heterocycles. The Kier molecular flexibility index (Phi) is 5.30. The maximum atomic E-state index is 8.88. The van der Waals surface area contributed by atoms with Crippen molar-refractivity contribution in [2.45, 2.75) is 50.4 Å². The number of nitriles is 1. The number of nitrogens with one attached hydrogen (secondary N) is 1. The van der Waals surface area contributed by atoms with Gasteiger partial charge in [0.25, 0.3) is 0 Å². The Morgan fingerprint density at radius 2 is 2.26 bits per heavy atom. The van der Waals surface area contributed by atoms with Crippen LogP contribution in [0.2, 0.25) is 0 Å². The molecule has 0 saturated heterocycles. The van der Waals surface area contributed by atoms with Gasteiger partial charge in [0, 0.05) is 17.8 Å². The first-order valence-electron chi connectivity index (χ1n) is 6.98. The fourth-order valence-electron chi connectivity index (χ4n) is 2.76. The highest BCUT2D eigenvalue weighted by molar-refractivity contribution is 7.99. The number of hydrogen-bond donors (Lipinski definition) is 1. The van der Waals surface area contributed by atoms with Crippen LogP contribution in [0.4, 0.5) is 0 Å². The molecule has 1 aliphatic rings. The van der Waals surface area contributed by atoms with E-state index in [1.165, 1.54) is 36.8 Å². The van der Waals surface area contributed by atoms with E-state index in [2.05, 4.69) is 30.6 Å². The van der Waals surface area contributed by atoms with Crippen molar-refractivity contribution < 1.29 is 0 Å². The maximum absolute atomic E-state index is 8.88. The summed E-state index contributed by atoms with van der Waals surface area (Å²) in [4.78, 5) is 0. The molecule has 1 aliphatic carbocycles. The highest BCUT2D eigenvalue weighted by Crippen LogP contribution is 2.27. The first kappa shape index (κ1) is 14.4. The van der Waals surface area contributed by atoms with Crippen LogP contribution in [0, 0.1) is 18.3 Å². The van der Waals surface area contributed by atoms with Gasteiger partial charge in [-0.25, -0.2) is 0 Å². The van der Waals surface area contributed by atoms with Crippen LogP contribution in [0.1, 0.15) is 42.4 Å². The lowest BCUT2D eigenvalue weighted by Crippen LogP contribution is -2.34. The lowest BCUT2D eigenvalue weighted by Gasteiger charge is -2.29. The van der Waals surface area contributed by atoms with Gasteiger partial charge in [-0.2, -0.15) is 17.0 Å². The standard InChI is InChI=1S/C16H22N2S/c1-12-8-13(10-17)6-7-14(12)11-18-15-4-3-5-16(9-15)19-2/h6-8,15-16,18H,3-5,9,11H2,1-2H3. The minimum absolute atomic E-state index is 0.654. The van der Waals surface area contributed by atoms with E-state index in [1.54, 1.807) is 0 Å². The zero-order valence-electron chi connectivity index (χ0n) is 11.8. The van der Waals surface area contributed by atoms with Gasteiger partial charge in [0.15, 0.2) is 0 Å². The third-order valence-electron chi connectivity index (χ3n) is 4.01. The van der Waals surface area contributed by atoms with Crippen LogP contribution in [0.5, 0.6) is 0 Å². The van der Waals surface area contributed by atoms with Gasteiger partial charge in [0.05, 0.1) is 11.6 Å². The number of rotatable bonds is 4. The van der Waals surface area contributed by atoms with E-state index in [-0.39, 0.29) is 0 Å². The Labute approximate surface area is 120 Å². The minimum atomic E-state index is 0.654. The number of nitrogens with zero attached hydrogens (tertiary/aromatic N) is 1. The molecule has 0 aliphatic heterocycles. The molecule has 1 fully saturated rings. The molecular formula is C16H22N2S. The third kappa shape index (κ3) is 3.99. The van der Waals surface area contributed by atoms with Crippen LogP contribution in [-0.2, 0) is 6.54 Å². The number of thioether (sulfide) groups is 1. The van der Waals surface area contributed by atoms with Gasteiger partial charge in [-0.3, -0.25) is 0 Å². The number of benzene rings is 1. The van der Waals surface area contributed by atoms with Crippen molar-refractivity contribution in [1.29, 1.82) is 5.26 Å². The molecule has 2 atom stereocenters. The van der Waals surface area contributed by atoms with Gasteiger partial charge < -0.3 is 5.32 Å². The predicted octanol–water partition coefficient (Wildman–Crippen LogP) is 3.63. The molecule has 19 heavy (non-hydrogen) atoms. The molecule has 0 amide bonds.